The molecule has 0 atom stereocenters. The summed E-state index contributed by atoms with van der Waals surface area (Å²) in [5.41, 5.74) is 0.304. The molecule has 2 rings (SSSR count). The van der Waals surface area contributed by atoms with Crippen LogP contribution in [0.25, 0.3) is 0 Å². The number of hydrogen-bond donors (Lipinski definition) is 0. The Morgan fingerprint density at radius 1 is 1.44 bits per heavy atom. The predicted octanol–water partition coefficient (Wildman–Crippen LogP) is 2.50. The molecule has 0 aliphatic heterocycles. The van der Waals surface area contributed by atoms with E-state index in [1.54, 1.807) is 6.33 Å². The zero-order valence-electron chi connectivity index (χ0n) is 9.19. The maximum Gasteiger partial charge on any atom is 0.252 e. The van der Waals surface area contributed by atoms with Crippen LogP contribution in [0.5, 0.6) is 0 Å². The van der Waals surface area contributed by atoms with Crippen molar-refractivity contribution >= 4 is 15.9 Å². The molecule has 1 fully saturated rings. The number of hydrogen-bond acceptors (Lipinski definition) is 3. The van der Waals surface area contributed by atoms with Crippen LogP contribution in [0, 0.1) is 16.7 Å². The molecule has 0 aromatic carbocycles. The Bertz CT molecular complexity index is 387. The van der Waals surface area contributed by atoms with E-state index in [-0.39, 0.29) is 5.82 Å². The third-order valence-electron chi connectivity index (χ3n) is 3.33. The first-order chi connectivity index (χ1) is 7.78. The Morgan fingerprint density at radius 3 is 2.75 bits per heavy atom. The van der Waals surface area contributed by atoms with Crippen molar-refractivity contribution in [3.8, 4) is 6.07 Å². The Morgan fingerprint density at radius 2 is 2.19 bits per heavy atom. The standard InChI is InChI=1S/C11H15BrN4/c12-7-11(4-2-1-3-5-11)8-16-9-14-10(6-13)15-16/h9H,1-5,7-8H2. The molecular weight excluding hydrogens is 268 g/mol. The number of nitriles is 1. The van der Waals surface area contributed by atoms with Crippen molar-refractivity contribution in [2.75, 3.05) is 5.33 Å². The second-order valence-corrected chi connectivity index (χ2v) is 5.13. The summed E-state index contributed by atoms with van der Waals surface area (Å²) in [5.74, 6) is 0.264. The highest BCUT2D eigenvalue weighted by molar-refractivity contribution is 9.09. The van der Waals surface area contributed by atoms with Gasteiger partial charge in [0.15, 0.2) is 0 Å². The number of alkyl halides is 1. The lowest BCUT2D eigenvalue weighted by molar-refractivity contribution is 0.183. The van der Waals surface area contributed by atoms with E-state index in [9.17, 15) is 0 Å². The Hall–Kier alpha value is -0.890. The first-order valence-corrected chi connectivity index (χ1v) is 6.76. The number of rotatable bonds is 3. The van der Waals surface area contributed by atoms with E-state index in [1.165, 1.54) is 32.1 Å². The summed E-state index contributed by atoms with van der Waals surface area (Å²) >= 11 is 3.62. The fourth-order valence-electron chi connectivity index (χ4n) is 2.40. The molecule has 16 heavy (non-hydrogen) atoms. The van der Waals surface area contributed by atoms with Crippen molar-refractivity contribution in [1.82, 2.24) is 14.8 Å². The van der Waals surface area contributed by atoms with Gasteiger partial charge in [0.2, 0.25) is 0 Å². The van der Waals surface area contributed by atoms with E-state index >= 15 is 0 Å². The number of nitrogens with zero attached hydrogens (tertiary/aromatic N) is 4. The maximum atomic E-state index is 8.68. The lowest BCUT2D eigenvalue weighted by Crippen LogP contribution is -2.31. The highest BCUT2D eigenvalue weighted by Crippen LogP contribution is 2.39. The van der Waals surface area contributed by atoms with Crippen molar-refractivity contribution in [2.24, 2.45) is 5.41 Å². The van der Waals surface area contributed by atoms with Gasteiger partial charge < -0.3 is 0 Å². The van der Waals surface area contributed by atoms with Gasteiger partial charge in [-0.3, -0.25) is 4.68 Å². The van der Waals surface area contributed by atoms with Gasteiger partial charge in [0.25, 0.3) is 5.82 Å². The second-order valence-electron chi connectivity index (χ2n) is 4.57. The second kappa shape index (κ2) is 4.96. The van der Waals surface area contributed by atoms with Gasteiger partial charge in [-0.2, -0.15) is 5.26 Å². The molecule has 5 heteroatoms. The zero-order valence-corrected chi connectivity index (χ0v) is 10.8. The third-order valence-corrected chi connectivity index (χ3v) is 4.52. The quantitative estimate of drug-likeness (QED) is 0.801. The molecule has 0 N–H and O–H groups in total. The molecule has 4 nitrogen and oxygen atoms in total. The summed E-state index contributed by atoms with van der Waals surface area (Å²) in [6.07, 6.45) is 8.07. The van der Waals surface area contributed by atoms with Crippen molar-refractivity contribution in [2.45, 2.75) is 38.6 Å². The van der Waals surface area contributed by atoms with Crippen LogP contribution >= 0.6 is 15.9 Å². The molecular formula is C11H15BrN4. The largest absolute Gasteiger partial charge is 0.252 e. The predicted molar refractivity (Wildman–Crippen MR) is 64.0 cm³/mol. The lowest BCUT2D eigenvalue weighted by Gasteiger charge is -2.35. The Kier molecular flexibility index (Phi) is 3.59. The molecule has 1 aliphatic carbocycles. The molecule has 1 aromatic rings. The molecule has 0 unspecified atom stereocenters. The van der Waals surface area contributed by atoms with Crippen LogP contribution in [0.1, 0.15) is 37.9 Å². The molecule has 0 bridgehead atoms. The van der Waals surface area contributed by atoms with Crippen LogP contribution < -0.4 is 0 Å². The van der Waals surface area contributed by atoms with E-state index in [1.807, 2.05) is 10.8 Å². The summed E-state index contributed by atoms with van der Waals surface area (Å²) < 4.78 is 1.81. The van der Waals surface area contributed by atoms with Crippen molar-refractivity contribution in [3.63, 3.8) is 0 Å². The Balaban J connectivity index is 2.08. The van der Waals surface area contributed by atoms with Gasteiger partial charge in [-0.05, 0) is 18.3 Å². The van der Waals surface area contributed by atoms with E-state index in [2.05, 4.69) is 26.0 Å². The van der Waals surface area contributed by atoms with Gasteiger partial charge >= 0.3 is 0 Å². The molecule has 86 valence electrons. The van der Waals surface area contributed by atoms with Crippen molar-refractivity contribution in [3.05, 3.63) is 12.2 Å². The molecule has 1 aliphatic rings. The minimum Gasteiger partial charge on any atom is -0.251 e. The third kappa shape index (κ3) is 2.43. The summed E-state index contributed by atoms with van der Waals surface area (Å²) in [4.78, 5) is 3.94. The van der Waals surface area contributed by atoms with E-state index in [0.717, 1.165) is 11.9 Å². The summed E-state index contributed by atoms with van der Waals surface area (Å²) in [6.45, 7) is 0.868. The van der Waals surface area contributed by atoms with Crippen molar-refractivity contribution < 1.29 is 0 Å². The molecule has 1 saturated carbocycles. The molecule has 1 aromatic heterocycles. The van der Waals surface area contributed by atoms with Crippen LogP contribution in [-0.2, 0) is 6.54 Å². The zero-order chi connectivity index (χ0) is 11.4. The normalized spacial score (nSPS) is 19.2. The van der Waals surface area contributed by atoms with Gasteiger partial charge in [-0.25, -0.2) is 4.98 Å². The molecule has 1 heterocycles. The number of halogens is 1. The van der Waals surface area contributed by atoms with E-state index in [4.69, 9.17) is 5.26 Å². The minimum absolute atomic E-state index is 0.264. The first kappa shape index (κ1) is 11.6. The van der Waals surface area contributed by atoms with Crippen LogP contribution in [0.3, 0.4) is 0 Å². The van der Waals surface area contributed by atoms with Crippen LogP contribution in [-0.4, -0.2) is 20.1 Å². The Labute approximate surface area is 104 Å². The molecule has 0 saturated heterocycles. The maximum absolute atomic E-state index is 8.68. The van der Waals surface area contributed by atoms with E-state index in [0.29, 0.717) is 5.41 Å². The minimum atomic E-state index is 0.264. The van der Waals surface area contributed by atoms with Gasteiger partial charge in [0.05, 0.1) is 0 Å². The van der Waals surface area contributed by atoms with Gasteiger partial charge in [-0.15, -0.1) is 5.10 Å². The van der Waals surface area contributed by atoms with Crippen LogP contribution in [0.15, 0.2) is 6.33 Å². The highest BCUT2D eigenvalue weighted by Gasteiger charge is 2.31. The summed E-state index contributed by atoms with van der Waals surface area (Å²) in [7, 11) is 0. The van der Waals surface area contributed by atoms with E-state index < -0.39 is 0 Å². The average Bonchev–Trinajstić information content (AvgIpc) is 2.78. The van der Waals surface area contributed by atoms with Gasteiger partial charge in [0.1, 0.15) is 12.4 Å². The summed E-state index contributed by atoms with van der Waals surface area (Å²) in [5, 5.41) is 13.8. The van der Waals surface area contributed by atoms with Gasteiger partial charge in [0, 0.05) is 11.9 Å². The smallest absolute Gasteiger partial charge is 0.251 e. The number of aromatic nitrogens is 3. The van der Waals surface area contributed by atoms with Crippen molar-refractivity contribution in [1.29, 1.82) is 5.26 Å². The molecule has 0 spiro atoms. The van der Waals surface area contributed by atoms with Crippen LogP contribution in [0.2, 0.25) is 0 Å². The van der Waals surface area contributed by atoms with Gasteiger partial charge in [-0.1, -0.05) is 35.2 Å². The highest BCUT2D eigenvalue weighted by atomic mass is 79.9. The summed E-state index contributed by atoms with van der Waals surface area (Å²) in [6, 6.07) is 1.96. The first-order valence-electron chi connectivity index (χ1n) is 5.63. The molecule has 0 amide bonds. The monoisotopic (exact) mass is 282 g/mol. The lowest BCUT2D eigenvalue weighted by atomic mass is 9.76. The van der Waals surface area contributed by atoms with Crippen LogP contribution in [0.4, 0.5) is 0 Å². The topological polar surface area (TPSA) is 54.5 Å². The average molecular weight is 283 g/mol. The fraction of sp³-hybridized carbons (Fsp3) is 0.727. The molecule has 0 radical (unpaired) electrons. The SMILES string of the molecule is N#Cc1ncn(CC2(CBr)CCCCC2)n1. The fourth-order valence-corrected chi connectivity index (χ4v) is 3.14.